The third-order valence-corrected chi connectivity index (χ3v) is 7.62. The van der Waals surface area contributed by atoms with Crippen LogP contribution < -0.4 is 5.32 Å². The molecule has 3 aromatic rings. The second-order valence-corrected chi connectivity index (χ2v) is 12.4. The summed E-state index contributed by atoms with van der Waals surface area (Å²) < 4.78 is 14.1. The number of alkyl carbamates (subject to hydrolysis) is 1. The minimum absolute atomic E-state index is 0.0323. The molecule has 1 saturated heterocycles. The van der Waals surface area contributed by atoms with Gasteiger partial charge < -0.3 is 24.3 Å². The second-order valence-electron chi connectivity index (χ2n) is 11.5. The highest BCUT2D eigenvalue weighted by Crippen LogP contribution is 2.30. The summed E-state index contributed by atoms with van der Waals surface area (Å²) in [6, 6.07) is 15.8. The SMILES string of the molecule is COCCCn1c(C2CCCN(C(=O)CC(Cc3ccc(Br)cc3)NC(=O)OC(C)(C)C)C2)nc2ccccc21. The number of carbonyl (C=O) groups excluding carboxylic acids is 2. The van der Waals surface area contributed by atoms with Gasteiger partial charge >= 0.3 is 6.09 Å². The maximum atomic E-state index is 13.6. The molecular formula is C31H41BrN4O4. The van der Waals surface area contributed by atoms with Crippen LogP contribution in [0, 0.1) is 0 Å². The number of aromatic nitrogens is 2. The summed E-state index contributed by atoms with van der Waals surface area (Å²) in [6.07, 6.45) is 3.01. The number of nitrogens with zero attached hydrogens (tertiary/aromatic N) is 3. The molecule has 2 aromatic carbocycles. The number of amides is 2. The Kier molecular flexibility index (Phi) is 10.2. The number of fused-ring (bicyclic) bond motifs is 1. The number of piperidine rings is 1. The lowest BCUT2D eigenvalue weighted by Gasteiger charge is -2.34. The molecule has 2 unspecified atom stereocenters. The van der Waals surface area contributed by atoms with Crippen LogP contribution in [0.2, 0.25) is 0 Å². The van der Waals surface area contributed by atoms with E-state index in [0.29, 0.717) is 26.1 Å². The molecule has 1 N–H and O–H groups in total. The Morgan fingerprint density at radius 2 is 1.90 bits per heavy atom. The fraction of sp³-hybridized carbons (Fsp3) is 0.516. The van der Waals surface area contributed by atoms with Crippen molar-refractivity contribution in [3.05, 3.63) is 64.4 Å². The van der Waals surface area contributed by atoms with E-state index in [4.69, 9.17) is 14.5 Å². The van der Waals surface area contributed by atoms with Crippen molar-refractivity contribution in [2.45, 2.75) is 77.0 Å². The number of rotatable bonds is 10. The summed E-state index contributed by atoms with van der Waals surface area (Å²) in [4.78, 5) is 33.3. The highest BCUT2D eigenvalue weighted by Gasteiger charge is 2.30. The molecule has 4 rings (SSSR count). The van der Waals surface area contributed by atoms with Gasteiger partial charge in [-0.3, -0.25) is 4.79 Å². The predicted molar refractivity (Wildman–Crippen MR) is 160 cm³/mol. The Hall–Kier alpha value is -2.91. The molecule has 8 nitrogen and oxygen atoms in total. The van der Waals surface area contributed by atoms with Crippen LogP contribution in [0.25, 0.3) is 11.0 Å². The van der Waals surface area contributed by atoms with Crippen molar-refractivity contribution in [3.8, 4) is 0 Å². The lowest BCUT2D eigenvalue weighted by molar-refractivity contribution is -0.132. The first kappa shape index (κ1) is 30.1. The van der Waals surface area contributed by atoms with E-state index in [-0.39, 0.29) is 24.3 Å². The molecule has 216 valence electrons. The van der Waals surface area contributed by atoms with Crippen LogP contribution in [-0.4, -0.2) is 64.9 Å². The highest BCUT2D eigenvalue weighted by molar-refractivity contribution is 9.10. The monoisotopic (exact) mass is 612 g/mol. The summed E-state index contributed by atoms with van der Waals surface area (Å²) in [5, 5.41) is 2.96. The van der Waals surface area contributed by atoms with Gasteiger partial charge in [0.25, 0.3) is 0 Å². The molecule has 1 aromatic heterocycles. The quantitative estimate of drug-likeness (QED) is 0.281. The summed E-state index contributed by atoms with van der Waals surface area (Å²) in [5.41, 5.74) is 2.52. The van der Waals surface area contributed by atoms with Gasteiger partial charge in [0.15, 0.2) is 0 Å². The Morgan fingerprint density at radius 1 is 1.15 bits per heavy atom. The second kappa shape index (κ2) is 13.6. The zero-order valence-corrected chi connectivity index (χ0v) is 25.6. The van der Waals surface area contributed by atoms with E-state index in [1.807, 2.05) is 68.1 Å². The average molecular weight is 614 g/mol. The van der Waals surface area contributed by atoms with Crippen LogP contribution in [0.15, 0.2) is 53.0 Å². The van der Waals surface area contributed by atoms with Crippen molar-refractivity contribution in [3.63, 3.8) is 0 Å². The molecule has 2 heterocycles. The normalized spacial score (nSPS) is 16.6. The van der Waals surface area contributed by atoms with Crippen molar-refractivity contribution in [1.82, 2.24) is 19.8 Å². The Balaban J connectivity index is 1.49. The van der Waals surface area contributed by atoms with Crippen LogP contribution in [-0.2, 0) is 27.2 Å². The Bertz CT molecular complexity index is 1280. The van der Waals surface area contributed by atoms with Crippen molar-refractivity contribution in [1.29, 1.82) is 0 Å². The van der Waals surface area contributed by atoms with E-state index in [0.717, 1.165) is 52.7 Å². The summed E-state index contributed by atoms with van der Waals surface area (Å²) >= 11 is 3.47. The number of ether oxygens (including phenoxy) is 2. The van der Waals surface area contributed by atoms with Crippen molar-refractivity contribution < 1.29 is 19.1 Å². The van der Waals surface area contributed by atoms with E-state index >= 15 is 0 Å². The fourth-order valence-corrected chi connectivity index (χ4v) is 5.58. The fourth-order valence-electron chi connectivity index (χ4n) is 5.32. The van der Waals surface area contributed by atoms with Crippen LogP contribution in [0.5, 0.6) is 0 Å². The van der Waals surface area contributed by atoms with Gasteiger partial charge in [-0.1, -0.05) is 40.2 Å². The smallest absolute Gasteiger partial charge is 0.407 e. The molecule has 2 amide bonds. The number of carbonyl (C=O) groups is 2. The van der Waals surface area contributed by atoms with E-state index < -0.39 is 11.7 Å². The zero-order chi connectivity index (χ0) is 28.7. The highest BCUT2D eigenvalue weighted by atomic mass is 79.9. The number of halogens is 1. The molecule has 0 aliphatic carbocycles. The minimum atomic E-state index is -0.620. The molecule has 0 radical (unpaired) electrons. The molecule has 0 spiro atoms. The van der Waals surface area contributed by atoms with Gasteiger partial charge in [0.05, 0.1) is 11.0 Å². The number of benzene rings is 2. The van der Waals surface area contributed by atoms with Crippen LogP contribution in [0.1, 0.15) is 63.8 Å². The first-order valence-corrected chi connectivity index (χ1v) is 14.9. The number of likely N-dealkylation sites (tertiary alicyclic amines) is 1. The van der Waals surface area contributed by atoms with Gasteiger partial charge in [0, 0.05) is 56.2 Å². The van der Waals surface area contributed by atoms with Gasteiger partial charge in [0.1, 0.15) is 11.4 Å². The Morgan fingerprint density at radius 3 is 2.62 bits per heavy atom. The van der Waals surface area contributed by atoms with Crippen molar-refractivity contribution in [2.75, 3.05) is 26.8 Å². The van der Waals surface area contributed by atoms with Gasteiger partial charge in [-0.25, -0.2) is 9.78 Å². The van der Waals surface area contributed by atoms with Gasteiger partial charge in [0.2, 0.25) is 5.91 Å². The van der Waals surface area contributed by atoms with Crippen LogP contribution in [0.4, 0.5) is 4.79 Å². The third kappa shape index (κ3) is 8.30. The molecule has 0 bridgehead atoms. The zero-order valence-electron chi connectivity index (χ0n) is 24.0. The first-order valence-electron chi connectivity index (χ1n) is 14.1. The van der Waals surface area contributed by atoms with Crippen LogP contribution in [0.3, 0.4) is 0 Å². The summed E-state index contributed by atoms with van der Waals surface area (Å²) in [7, 11) is 1.72. The topological polar surface area (TPSA) is 85.7 Å². The molecule has 1 aliphatic rings. The molecule has 1 aliphatic heterocycles. The lowest BCUT2D eigenvalue weighted by Crippen LogP contribution is -2.46. The number of hydrogen-bond acceptors (Lipinski definition) is 5. The van der Waals surface area contributed by atoms with E-state index in [1.54, 1.807) is 7.11 Å². The largest absolute Gasteiger partial charge is 0.444 e. The number of methoxy groups -OCH3 is 1. The summed E-state index contributed by atoms with van der Waals surface area (Å²) in [5.74, 6) is 1.22. The van der Waals surface area contributed by atoms with E-state index in [9.17, 15) is 9.59 Å². The maximum absolute atomic E-state index is 13.6. The number of aryl methyl sites for hydroxylation is 1. The minimum Gasteiger partial charge on any atom is -0.444 e. The predicted octanol–water partition coefficient (Wildman–Crippen LogP) is 6.07. The standard InChI is InChI=1S/C31H41BrN4O4/c1-31(2,3)40-30(38)33-25(19-22-12-14-24(32)15-13-22)20-28(37)35-16-7-9-23(21-35)29-34-26-10-5-6-11-27(26)36(29)17-8-18-39-4/h5-6,10-15,23,25H,7-9,16-21H2,1-4H3,(H,33,38). The molecular weight excluding hydrogens is 572 g/mol. The molecule has 9 heteroatoms. The average Bonchev–Trinajstić information content (AvgIpc) is 3.28. The summed E-state index contributed by atoms with van der Waals surface area (Å²) in [6.45, 7) is 8.32. The molecule has 0 saturated carbocycles. The number of hydrogen-bond donors (Lipinski definition) is 1. The van der Waals surface area contributed by atoms with Gasteiger partial charge in [-0.15, -0.1) is 0 Å². The van der Waals surface area contributed by atoms with Crippen molar-refractivity contribution >= 4 is 39.0 Å². The first-order chi connectivity index (χ1) is 19.1. The maximum Gasteiger partial charge on any atom is 0.407 e. The number of nitrogens with one attached hydrogen (secondary N) is 1. The van der Waals surface area contributed by atoms with Crippen LogP contribution >= 0.6 is 15.9 Å². The van der Waals surface area contributed by atoms with Gasteiger partial charge in [-0.2, -0.15) is 0 Å². The lowest BCUT2D eigenvalue weighted by atomic mass is 9.95. The number of para-hydroxylation sites is 2. The third-order valence-electron chi connectivity index (χ3n) is 7.09. The Labute approximate surface area is 245 Å². The molecule has 2 atom stereocenters. The molecule has 1 fully saturated rings. The van der Waals surface area contributed by atoms with E-state index in [2.05, 4.69) is 31.9 Å². The van der Waals surface area contributed by atoms with Crippen molar-refractivity contribution in [2.24, 2.45) is 0 Å². The number of imidazole rings is 1. The van der Waals surface area contributed by atoms with E-state index in [1.165, 1.54) is 0 Å². The van der Waals surface area contributed by atoms with Gasteiger partial charge in [-0.05, 0) is 76.3 Å². The molecule has 40 heavy (non-hydrogen) atoms.